The molecule has 0 unspecified atom stereocenters. The molecule has 1 aromatic heterocycles. The molecule has 0 bridgehead atoms. The summed E-state index contributed by atoms with van der Waals surface area (Å²) in [5.74, 6) is -0.864. The Hall–Kier alpha value is -2.94. The minimum atomic E-state index is -0.515. The summed E-state index contributed by atoms with van der Waals surface area (Å²) in [5.41, 5.74) is 4.71. The molecule has 0 aliphatic heterocycles. The Morgan fingerprint density at radius 1 is 1.13 bits per heavy atom. The monoisotopic (exact) mass is 332 g/mol. The zero-order valence-electron chi connectivity index (χ0n) is 11.8. The van der Waals surface area contributed by atoms with E-state index >= 15 is 0 Å². The van der Waals surface area contributed by atoms with Gasteiger partial charge in [-0.3, -0.25) is 35.5 Å². The number of nitro groups is 1. The van der Waals surface area contributed by atoms with Crippen molar-refractivity contribution in [1.29, 1.82) is 0 Å². The zero-order chi connectivity index (χ0) is 16.7. The molecule has 0 spiro atoms. The number of nitro benzene ring substituents is 1. The summed E-state index contributed by atoms with van der Waals surface area (Å²) in [6.45, 7) is 0. The number of rotatable bonds is 5. The van der Waals surface area contributed by atoms with E-state index < -0.39 is 16.7 Å². The second kappa shape index (κ2) is 7.90. The SMILES string of the molecule is O=C(CSc1ccc([N+](=O)[O-])cc1)NNC(=O)c1ccccn1. The Balaban J connectivity index is 1.77. The van der Waals surface area contributed by atoms with Crippen LogP contribution in [0.15, 0.2) is 53.6 Å². The summed E-state index contributed by atoms with van der Waals surface area (Å²) >= 11 is 1.19. The number of pyridine rings is 1. The number of aromatic nitrogens is 1. The van der Waals surface area contributed by atoms with Gasteiger partial charge < -0.3 is 0 Å². The van der Waals surface area contributed by atoms with Crippen LogP contribution < -0.4 is 10.9 Å². The Labute approximate surface area is 135 Å². The van der Waals surface area contributed by atoms with Gasteiger partial charge in [-0.2, -0.15) is 0 Å². The maximum Gasteiger partial charge on any atom is 0.288 e. The van der Waals surface area contributed by atoms with E-state index in [1.54, 1.807) is 24.3 Å². The van der Waals surface area contributed by atoms with Crippen molar-refractivity contribution in [1.82, 2.24) is 15.8 Å². The lowest BCUT2D eigenvalue weighted by molar-refractivity contribution is -0.384. The minimum absolute atomic E-state index is 0.0126. The standard InChI is InChI=1S/C14H12N4O4S/c19-13(16-17-14(20)12-3-1-2-8-15-12)9-23-11-6-4-10(5-7-11)18(21)22/h1-8H,9H2,(H,16,19)(H,17,20). The average molecular weight is 332 g/mol. The molecule has 2 aromatic rings. The molecule has 0 radical (unpaired) electrons. The Bertz CT molecular complexity index is 706. The van der Waals surface area contributed by atoms with Crippen LogP contribution in [0.1, 0.15) is 10.5 Å². The van der Waals surface area contributed by atoms with Gasteiger partial charge in [-0.15, -0.1) is 11.8 Å². The molecule has 0 saturated carbocycles. The predicted molar refractivity (Wildman–Crippen MR) is 83.7 cm³/mol. The number of amides is 2. The first-order valence-corrected chi connectivity index (χ1v) is 7.42. The number of benzene rings is 1. The van der Waals surface area contributed by atoms with Crippen LogP contribution in [0.25, 0.3) is 0 Å². The van der Waals surface area contributed by atoms with E-state index in [-0.39, 0.29) is 17.1 Å². The molecular formula is C14H12N4O4S. The van der Waals surface area contributed by atoms with Crippen molar-refractivity contribution in [3.05, 3.63) is 64.5 Å². The average Bonchev–Trinajstić information content (AvgIpc) is 2.59. The van der Waals surface area contributed by atoms with Crippen molar-refractivity contribution in [2.75, 3.05) is 5.75 Å². The molecule has 0 fully saturated rings. The van der Waals surface area contributed by atoms with Crippen molar-refractivity contribution < 1.29 is 14.5 Å². The van der Waals surface area contributed by atoms with E-state index in [4.69, 9.17) is 0 Å². The molecule has 0 aliphatic rings. The molecule has 2 amide bonds. The topological polar surface area (TPSA) is 114 Å². The summed E-state index contributed by atoms with van der Waals surface area (Å²) in [6, 6.07) is 10.7. The molecule has 23 heavy (non-hydrogen) atoms. The molecule has 1 heterocycles. The Morgan fingerprint density at radius 3 is 2.48 bits per heavy atom. The maximum absolute atomic E-state index is 11.7. The van der Waals surface area contributed by atoms with Crippen LogP contribution in [-0.2, 0) is 4.79 Å². The Kier molecular flexibility index (Phi) is 5.64. The van der Waals surface area contributed by atoms with Crippen LogP contribution in [0.4, 0.5) is 5.69 Å². The maximum atomic E-state index is 11.7. The number of hydrogen-bond acceptors (Lipinski definition) is 6. The summed E-state index contributed by atoms with van der Waals surface area (Å²) in [5, 5.41) is 10.5. The fraction of sp³-hybridized carbons (Fsp3) is 0.0714. The molecule has 8 nitrogen and oxygen atoms in total. The van der Waals surface area contributed by atoms with Gasteiger partial charge in [0, 0.05) is 23.2 Å². The van der Waals surface area contributed by atoms with Crippen LogP contribution in [0.2, 0.25) is 0 Å². The highest BCUT2D eigenvalue weighted by Crippen LogP contribution is 2.20. The molecule has 9 heteroatoms. The van der Waals surface area contributed by atoms with Crippen LogP contribution in [0.5, 0.6) is 0 Å². The third-order valence-electron chi connectivity index (χ3n) is 2.63. The highest BCUT2D eigenvalue weighted by atomic mass is 32.2. The second-order valence-electron chi connectivity index (χ2n) is 4.26. The second-order valence-corrected chi connectivity index (χ2v) is 5.31. The highest BCUT2D eigenvalue weighted by Gasteiger charge is 2.09. The summed E-state index contributed by atoms with van der Waals surface area (Å²) in [7, 11) is 0. The first kappa shape index (κ1) is 16.4. The van der Waals surface area contributed by atoms with Crippen molar-refractivity contribution in [2.45, 2.75) is 4.90 Å². The first-order chi connectivity index (χ1) is 11.1. The number of nitrogens with one attached hydrogen (secondary N) is 2. The van der Waals surface area contributed by atoms with Crippen LogP contribution in [0, 0.1) is 10.1 Å². The quantitative estimate of drug-likeness (QED) is 0.488. The van der Waals surface area contributed by atoms with E-state index in [1.165, 1.54) is 36.2 Å². The van der Waals surface area contributed by atoms with Gasteiger partial charge in [0.25, 0.3) is 11.6 Å². The lowest BCUT2D eigenvalue weighted by atomic mass is 10.3. The van der Waals surface area contributed by atoms with Gasteiger partial charge in [0.1, 0.15) is 5.69 Å². The summed E-state index contributed by atoms with van der Waals surface area (Å²) in [4.78, 5) is 37.9. The molecule has 118 valence electrons. The third kappa shape index (κ3) is 5.08. The van der Waals surface area contributed by atoms with Gasteiger partial charge in [-0.05, 0) is 24.3 Å². The number of carbonyl (C=O) groups is 2. The first-order valence-electron chi connectivity index (χ1n) is 6.44. The van der Waals surface area contributed by atoms with Crippen molar-refractivity contribution in [3.8, 4) is 0 Å². The van der Waals surface area contributed by atoms with Crippen molar-refractivity contribution in [2.24, 2.45) is 0 Å². The van der Waals surface area contributed by atoms with E-state index in [1.807, 2.05) is 0 Å². The number of thioether (sulfide) groups is 1. The van der Waals surface area contributed by atoms with Gasteiger partial charge in [-0.25, -0.2) is 0 Å². The molecule has 0 aliphatic carbocycles. The minimum Gasteiger partial charge on any atom is -0.272 e. The van der Waals surface area contributed by atoms with Crippen molar-refractivity contribution in [3.63, 3.8) is 0 Å². The van der Waals surface area contributed by atoms with E-state index in [0.29, 0.717) is 4.90 Å². The molecule has 0 saturated heterocycles. The van der Waals surface area contributed by atoms with E-state index in [0.717, 1.165) is 0 Å². The van der Waals surface area contributed by atoms with Gasteiger partial charge >= 0.3 is 0 Å². The van der Waals surface area contributed by atoms with Gasteiger partial charge in [0.05, 0.1) is 10.7 Å². The molecule has 1 aromatic carbocycles. The zero-order valence-corrected chi connectivity index (χ0v) is 12.6. The normalized spacial score (nSPS) is 9.91. The smallest absolute Gasteiger partial charge is 0.272 e. The van der Waals surface area contributed by atoms with Crippen molar-refractivity contribution >= 4 is 29.3 Å². The predicted octanol–water partition coefficient (Wildman–Crippen LogP) is 1.54. The number of hydrogen-bond donors (Lipinski definition) is 2. The van der Waals surface area contributed by atoms with Crippen LogP contribution >= 0.6 is 11.8 Å². The molecular weight excluding hydrogens is 320 g/mol. The summed E-state index contributed by atoms with van der Waals surface area (Å²) in [6.07, 6.45) is 1.47. The number of non-ortho nitro benzene ring substituents is 1. The lowest BCUT2D eigenvalue weighted by Gasteiger charge is -2.06. The van der Waals surface area contributed by atoms with Gasteiger partial charge in [-0.1, -0.05) is 6.07 Å². The van der Waals surface area contributed by atoms with Crippen LogP contribution in [-0.4, -0.2) is 27.5 Å². The van der Waals surface area contributed by atoms with E-state index in [9.17, 15) is 19.7 Å². The summed E-state index contributed by atoms with van der Waals surface area (Å²) < 4.78 is 0. The van der Waals surface area contributed by atoms with Gasteiger partial charge in [0.15, 0.2) is 0 Å². The fourth-order valence-electron chi connectivity index (χ4n) is 1.54. The molecule has 2 rings (SSSR count). The van der Waals surface area contributed by atoms with Crippen LogP contribution in [0.3, 0.4) is 0 Å². The number of hydrazine groups is 1. The molecule has 2 N–H and O–H groups in total. The fourth-order valence-corrected chi connectivity index (χ4v) is 2.24. The van der Waals surface area contributed by atoms with E-state index in [2.05, 4.69) is 15.8 Å². The largest absolute Gasteiger partial charge is 0.288 e. The lowest BCUT2D eigenvalue weighted by Crippen LogP contribution is -2.42. The number of carbonyl (C=O) groups excluding carboxylic acids is 2. The third-order valence-corrected chi connectivity index (χ3v) is 3.64. The van der Waals surface area contributed by atoms with Gasteiger partial charge in [0.2, 0.25) is 5.91 Å². The number of nitrogens with zero attached hydrogens (tertiary/aromatic N) is 2. The highest BCUT2D eigenvalue weighted by molar-refractivity contribution is 8.00. The Morgan fingerprint density at radius 2 is 1.87 bits per heavy atom. The molecule has 0 atom stereocenters.